The van der Waals surface area contributed by atoms with Gasteiger partial charge in [-0.05, 0) is 36.8 Å². The van der Waals surface area contributed by atoms with Crippen LogP contribution >= 0.6 is 11.8 Å². The normalized spacial score (nSPS) is 17.8. The first-order chi connectivity index (χ1) is 9.04. The third-order valence-corrected chi connectivity index (χ3v) is 4.81. The number of thioether (sulfide) groups is 1. The van der Waals surface area contributed by atoms with Crippen molar-refractivity contribution in [3.8, 4) is 0 Å². The van der Waals surface area contributed by atoms with E-state index in [1.54, 1.807) is 11.8 Å². The summed E-state index contributed by atoms with van der Waals surface area (Å²) in [6.45, 7) is 1.94. The van der Waals surface area contributed by atoms with Crippen molar-refractivity contribution in [2.75, 3.05) is 12.9 Å². The predicted octanol–water partition coefficient (Wildman–Crippen LogP) is 2.54. The smallest absolute Gasteiger partial charge is 0.306 e. The number of hydrogen-bond acceptors (Lipinski definition) is 5. The van der Waals surface area contributed by atoms with Crippen LogP contribution in [0.25, 0.3) is 0 Å². The summed E-state index contributed by atoms with van der Waals surface area (Å²) in [5.74, 6) is 0.811. The summed E-state index contributed by atoms with van der Waals surface area (Å²) in [5.41, 5.74) is 6.97. The van der Waals surface area contributed by atoms with E-state index in [0.717, 1.165) is 29.2 Å². The van der Waals surface area contributed by atoms with Crippen molar-refractivity contribution in [1.82, 2.24) is 4.98 Å². The number of nitrogens with two attached hydrogens (primary N) is 1. The first-order valence-electron chi connectivity index (χ1n) is 6.46. The topological polar surface area (TPSA) is 65.2 Å². The highest BCUT2D eigenvalue weighted by molar-refractivity contribution is 7.99. The number of carbonyl (C=O) groups is 1. The predicted molar refractivity (Wildman–Crippen MR) is 75.9 cm³/mol. The number of pyridine rings is 1. The summed E-state index contributed by atoms with van der Waals surface area (Å²) in [7, 11) is 1.44. The third-order valence-electron chi connectivity index (χ3n) is 3.52. The first kappa shape index (κ1) is 14.3. The van der Waals surface area contributed by atoms with Crippen molar-refractivity contribution in [3.05, 3.63) is 23.9 Å². The Morgan fingerprint density at radius 3 is 2.79 bits per heavy atom. The van der Waals surface area contributed by atoms with Gasteiger partial charge in [-0.2, -0.15) is 0 Å². The summed E-state index contributed by atoms with van der Waals surface area (Å²) < 4.78 is 4.74. The second kappa shape index (κ2) is 5.92. The Balaban J connectivity index is 1.87. The number of carbonyl (C=O) groups excluding carboxylic acids is 1. The molecule has 0 bridgehead atoms. The molecule has 1 saturated carbocycles. The molecule has 0 aromatic carbocycles. The van der Waals surface area contributed by atoms with Crippen LogP contribution < -0.4 is 5.73 Å². The Morgan fingerprint density at radius 2 is 2.32 bits per heavy atom. The van der Waals surface area contributed by atoms with Crippen molar-refractivity contribution in [2.45, 2.75) is 37.3 Å². The van der Waals surface area contributed by atoms with Gasteiger partial charge in [0.25, 0.3) is 0 Å². The highest BCUT2D eigenvalue weighted by atomic mass is 32.2. The van der Waals surface area contributed by atoms with Crippen LogP contribution in [0.4, 0.5) is 0 Å². The number of methoxy groups -OCH3 is 1. The standard InChI is InChI=1S/C14H20N2O2S/c1-10(15)11-3-4-12(16-8-11)19-9-14(5-6-14)7-13(17)18-2/h3-4,8,10H,5-7,9,15H2,1-2H3/t10-/m1/s1. The zero-order valence-corrected chi connectivity index (χ0v) is 12.2. The Bertz CT molecular complexity index is 441. The van der Waals surface area contributed by atoms with E-state index >= 15 is 0 Å². The monoisotopic (exact) mass is 280 g/mol. The lowest BCUT2D eigenvalue weighted by Gasteiger charge is -2.13. The van der Waals surface area contributed by atoms with Gasteiger partial charge in [0.05, 0.1) is 18.6 Å². The molecule has 1 aromatic heterocycles. The van der Waals surface area contributed by atoms with Gasteiger partial charge in [0, 0.05) is 18.0 Å². The highest BCUT2D eigenvalue weighted by Crippen LogP contribution is 2.51. The van der Waals surface area contributed by atoms with Crippen LogP contribution in [-0.4, -0.2) is 23.8 Å². The zero-order chi connectivity index (χ0) is 13.9. The molecular weight excluding hydrogens is 260 g/mol. The maximum absolute atomic E-state index is 11.3. The highest BCUT2D eigenvalue weighted by Gasteiger charge is 2.44. The molecule has 4 nitrogen and oxygen atoms in total. The SMILES string of the molecule is COC(=O)CC1(CSc2ccc([C@@H](C)N)cn2)CC1. The minimum absolute atomic E-state index is 0.0145. The maximum atomic E-state index is 11.3. The molecule has 1 heterocycles. The fourth-order valence-corrected chi connectivity index (χ4v) is 3.04. The van der Waals surface area contributed by atoms with Gasteiger partial charge in [0.1, 0.15) is 0 Å². The van der Waals surface area contributed by atoms with E-state index in [0.29, 0.717) is 6.42 Å². The minimum Gasteiger partial charge on any atom is -0.469 e. The first-order valence-corrected chi connectivity index (χ1v) is 7.44. The molecule has 0 spiro atoms. The van der Waals surface area contributed by atoms with Gasteiger partial charge in [0.2, 0.25) is 0 Å². The quantitative estimate of drug-likeness (QED) is 0.641. The number of aromatic nitrogens is 1. The van der Waals surface area contributed by atoms with Crippen LogP contribution in [0, 0.1) is 5.41 Å². The number of hydrogen-bond donors (Lipinski definition) is 1. The molecule has 1 aliphatic carbocycles. The van der Waals surface area contributed by atoms with Gasteiger partial charge in [0.15, 0.2) is 0 Å². The van der Waals surface area contributed by atoms with Crippen molar-refractivity contribution >= 4 is 17.7 Å². The van der Waals surface area contributed by atoms with E-state index in [2.05, 4.69) is 4.98 Å². The molecule has 2 rings (SSSR count). The van der Waals surface area contributed by atoms with Crippen LogP contribution in [0.2, 0.25) is 0 Å². The number of ether oxygens (including phenoxy) is 1. The molecule has 0 saturated heterocycles. The average Bonchev–Trinajstić information content (AvgIpc) is 3.17. The van der Waals surface area contributed by atoms with E-state index in [9.17, 15) is 4.79 Å². The van der Waals surface area contributed by atoms with E-state index in [4.69, 9.17) is 10.5 Å². The van der Waals surface area contributed by atoms with Crippen molar-refractivity contribution in [3.63, 3.8) is 0 Å². The molecule has 0 aliphatic heterocycles. The third kappa shape index (κ3) is 3.94. The van der Waals surface area contributed by atoms with Crippen molar-refractivity contribution in [1.29, 1.82) is 0 Å². The second-order valence-electron chi connectivity index (χ2n) is 5.26. The van der Waals surface area contributed by atoms with Crippen LogP contribution in [0.3, 0.4) is 0 Å². The average molecular weight is 280 g/mol. The lowest BCUT2D eigenvalue weighted by molar-refractivity contribution is -0.141. The molecule has 19 heavy (non-hydrogen) atoms. The molecule has 5 heteroatoms. The van der Waals surface area contributed by atoms with E-state index in [1.165, 1.54) is 7.11 Å². The molecule has 2 N–H and O–H groups in total. The molecule has 1 atom stereocenters. The molecule has 0 amide bonds. The van der Waals surface area contributed by atoms with Gasteiger partial charge in [-0.15, -0.1) is 11.8 Å². The molecule has 104 valence electrons. The number of rotatable bonds is 6. The van der Waals surface area contributed by atoms with Crippen molar-refractivity contribution in [2.24, 2.45) is 11.1 Å². The maximum Gasteiger partial charge on any atom is 0.306 e. The zero-order valence-electron chi connectivity index (χ0n) is 11.4. The van der Waals surface area contributed by atoms with E-state index in [1.807, 2.05) is 25.3 Å². The van der Waals surface area contributed by atoms with Crippen LogP contribution in [0.1, 0.15) is 37.8 Å². The molecule has 0 unspecified atom stereocenters. The minimum atomic E-state index is -0.113. The lowest BCUT2D eigenvalue weighted by Crippen LogP contribution is -2.13. The van der Waals surface area contributed by atoms with Crippen LogP contribution in [0.15, 0.2) is 23.4 Å². The van der Waals surface area contributed by atoms with Crippen LogP contribution in [-0.2, 0) is 9.53 Å². The van der Waals surface area contributed by atoms with Crippen molar-refractivity contribution < 1.29 is 9.53 Å². The summed E-state index contributed by atoms with van der Waals surface area (Å²) in [6, 6.07) is 4.03. The van der Waals surface area contributed by atoms with Gasteiger partial charge < -0.3 is 10.5 Å². The van der Waals surface area contributed by atoms with Gasteiger partial charge in [-0.25, -0.2) is 4.98 Å². The summed E-state index contributed by atoms with van der Waals surface area (Å²) in [6.07, 6.45) is 4.56. The Morgan fingerprint density at radius 1 is 1.58 bits per heavy atom. The molecule has 1 aliphatic rings. The number of nitrogens with zero attached hydrogens (tertiary/aromatic N) is 1. The summed E-state index contributed by atoms with van der Waals surface area (Å²) >= 11 is 1.70. The molecule has 0 radical (unpaired) electrons. The fourth-order valence-electron chi connectivity index (χ4n) is 1.90. The van der Waals surface area contributed by atoms with Gasteiger partial charge in [-0.3, -0.25) is 4.79 Å². The number of esters is 1. The van der Waals surface area contributed by atoms with Gasteiger partial charge >= 0.3 is 5.97 Å². The molecular formula is C14H20N2O2S. The largest absolute Gasteiger partial charge is 0.469 e. The molecule has 1 aromatic rings. The Hall–Kier alpha value is -1.07. The fraction of sp³-hybridized carbons (Fsp3) is 0.571. The second-order valence-corrected chi connectivity index (χ2v) is 6.26. The Kier molecular flexibility index (Phi) is 4.47. The van der Waals surface area contributed by atoms with E-state index in [-0.39, 0.29) is 17.4 Å². The Labute approximate surface area is 118 Å². The molecule has 1 fully saturated rings. The van der Waals surface area contributed by atoms with Gasteiger partial charge in [-0.1, -0.05) is 6.07 Å². The lowest BCUT2D eigenvalue weighted by atomic mass is 10.1. The summed E-state index contributed by atoms with van der Waals surface area (Å²) in [4.78, 5) is 15.7. The van der Waals surface area contributed by atoms with E-state index < -0.39 is 0 Å². The van der Waals surface area contributed by atoms with Crippen LogP contribution in [0.5, 0.6) is 0 Å². The summed E-state index contributed by atoms with van der Waals surface area (Å²) in [5, 5.41) is 0.987.